The molecule has 1 aromatic rings. The molecule has 3 nitrogen and oxygen atoms in total. The van der Waals surface area contributed by atoms with Crippen molar-refractivity contribution in [1.82, 2.24) is 5.32 Å². The summed E-state index contributed by atoms with van der Waals surface area (Å²) >= 11 is 0. The molecular weight excluding hydrogens is 176 g/mol. The van der Waals surface area contributed by atoms with Gasteiger partial charge in [-0.2, -0.15) is 0 Å². The van der Waals surface area contributed by atoms with E-state index in [9.17, 15) is 4.79 Å². The van der Waals surface area contributed by atoms with Gasteiger partial charge in [-0.25, -0.2) is 4.79 Å². The molecule has 2 amide bonds. The molecule has 0 bridgehead atoms. The number of carbonyl (C=O) groups is 1. The van der Waals surface area contributed by atoms with E-state index in [4.69, 9.17) is 5.73 Å². The number of carbonyl (C=O) groups excluding carboxylic acids is 1. The zero-order chi connectivity index (χ0) is 10.4. The number of nitrogens with two attached hydrogens (primary N) is 1. The van der Waals surface area contributed by atoms with Gasteiger partial charge in [-0.3, -0.25) is 0 Å². The number of urea groups is 1. The van der Waals surface area contributed by atoms with Gasteiger partial charge in [0.1, 0.15) is 0 Å². The normalized spacial score (nSPS) is 9.79. The third kappa shape index (κ3) is 3.47. The fourth-order valence-electron chi connectivity index (χ4n) is 1.30. The molecule has 14 heavy (non-hydrogen) atoms. The number of hydrogen-bond donors (Lipinski definition) is 2. The van der Waals surface area contributed by atoms with Crippen molar-refractivity contribution < 1.29 is 4.79 Å². The van der Waals surface area contributed by atoms with Crippen LogP contribution < -0.4 is 11.1 Å². The molecule has 0 fully saturated rings. The molecule has 0 unspecified atom stereocenters. The number of nitrogens with one attached hydrogen (secondary N) is 1. The average Bonchev–Trinajstić information content (AvgIpc) is 2.17. The second-order valence-electron chi connectivity index (χ2n) is 3.28. The SMILES string of the molecule is CCCc1ccc(CNC(N)=O)cc1. The van der Waals surface area contributed by atoms with E-state index in [1.54, 1.807) is 0 Å². The van der Waals surface area contributed by atoms with E-state index < -0.39 is 6.03 Å². The van der Waals surface area contributed by atoms with Gasteiger partial charge in [0.2, 0.25) is 0 Å². The lowest BCUT2D eigenvalue weighted by Crippen LogP contribution is -2.28. The summed E-state index contributed by atoms with van der Waals surface area (Å²) in [6.45, 7) is 2.66. The first-order valence-corrected chi connectivity index (χ1v) is 4.83. The second kappa shape index (κ2) is 5.27. The molecule has 0 radical (unpaired) electrons. The predicted molar refractivity (Wildman–Crippen MR) is 56.9 cm³/mol. The van der Waals surface area contributed by atoms with Crippen LogP contribution in [-0.4, -0.2) is 6.03 Å². The van der Waals surface area contributed by atoms with E-state index in [1.807, 2.05) is 12.1 Å². The van der Waals surface area contributed by atoms with Crippen LogP contribution in [0.1, 0.15) is 24.5 Å². The van der Waals surface area contributed by atoms with Crippen molar-refractivity contribution in [2.24, 2.45) is 5.73 Å². The number of rotatable bonds is 4. The molecule has 0 aliphatic rings. The number of benzene rings is 1. The molecule has 0 aliphatic heterocycles. The van der Waals surface area contributed by atoms with Crippen LogP contribution >= 0.6 is 0 Å². The summed E-state index contributed by atoms with van der Waals surface area (Å²) in [5.74, 6) is 0. The highest BCUT2D eigenvalue weighted by molar-refractivity contribution is 5.71. The third-order valence-electron chi connectivity index (χ3n) is 2.03. The summed E-state index contributed by atoms with van der Waals surface area (Å²) < 4.78 is 0. The minimum absolute atomic E-state index is 0.484. The van der Waals surface area contributed by atoms with Crippen LogP contribution in [0.2, 0.25) is 0 Å². The van der Waals surface area contributed by atoms with E-state index in [-0.39, 0.29) is 0 Å². The maximum atomic E-state index is 10.5. The van der Waals surface area contributed by atoms with E-state index in [0.29, 0.717) is 6.54 Å². The molecule has 76 valence electrons. The molecule has 0 aliphatic carbocycles. The van der Waals surface area contributed by atoms with Crippen LogP contribution in [0, 0.1) is 0 Å². The van der Waals surface area contributed by atoms with Gasteiger partial charge in [-0.05, 0) is 17.5 Å². The molecular formula is C11H16N2O. The lowest BCUT2D eigenvalue weighted by molar-refractivity contribution is 0.248. The lowest BCUT2D eigenvalue weighted by atomic mass is 10.1. The predicted octanol–water partition coefficient (Wildman–Crippen LogP) is 1.81. The zero-order valence-corrected chi connectivity index (χ0v) is 8.42. The van der Waals surface area contributed by atoms with Crippen LogP contribution in [0.5, 0.6) is 0 Å². The molecule has 0 saturated heterocycles. The molecule has 0 spiro atoms. The fourth-order valence-corrected chi connectivity index (χ4v) is 1.30. The van der Waals surface area contributed by atoms with Crippen molar-refractivity contribution in [3.8, 4) is 0 Å². The summed E-state index contributed by atoms with van der Waals surface area (Å²) in [7, 11) is 0. The van der Waals surface area contributed by atoms with Crippen LogP contribution in [0.15, 0.2) is 24.3 Å². The maximum absolute atomic E-state index is 10.5. The first-order valence-electron chi connectivity index (χ1n) is 4.83. The van der Waals surface area contributed by atoms with E-state index in [1.165, 1.54) is 5.56 Å². The minimum Gasteiger partial charge on any atom is -0.352 e. The number of aryl methyl sites for hydroxylation is 1. The lowest BCUT2D eigenvalue weighted by Gasteiger charge is -2.03. The van der Waals surface area contributed by atoms with Crippen molar-refractivity contribution in [2.75, 3.05) is 0 Å². The Balaban J connectivity index is 2.50. The van der Waals surface area contributed by atoms with Crippen LogP contribution in [0.3, 0.4) is 0 Å². The van der Waals surface area contributed by atoms with Crippen molar-refractivity contribution >= 4 is 6.03 Å². The Hall–Kier alpha value is -1.51. The van der Waals surface area contributed by atoms with Gasteiger partial charge in [0.05, 0.1) is 0 Å². The molecule has 3 N–H and O–H groups in total. The van der Waals surface area contributed by atoms with Crippen molar-refractivity contribution in [2.45, 2.75) is 26.3 Å². The molecule has 0 heterocycles. The maximum Gasteiger partial charge on any atom is 0.312 e. The smallest absolute Gasteiger partial charge is 0.312 e. The van der Waals surface area contributed by atoms with Gasteiger partial charge in [-0.15, -0.1) is 0 Å². The highest BCUT2D eigenvalue weighted by Crippen LogP contribution is 2.06. The largest absolute Gasteiger partial charge is 0.352 e. The molecule has 3 heteroatoms. The Morgan fingerprint density at radius 2 is 1.86 bits per heavy atom. The second-order valence-corrected chi connectivity index (χ2v) is 3.28. The first-order chi connectivity index (χ1) is 6.72. The van der Waals surface area contributed by atoms with Crippen molar-refractivity contribution in [3.63, 3.8) is 0 Å². The summed E-state index contributed by atoms with van der Waals surface area (Å²) in [6, 6.07) is 7.72. The topological polar surface area (TPSA) is 55.1 Å². The highest BCUT2D eigenvalue weighted by atomic mass is 16.2. The van der Waals surface area contributed by atoms with Gasteiger partial charge in [0.15, 0.2) is 0 Å². The quantitative estimate of drug-likeness (QED) is 0.751. The molecule has 1 aromatic carbocycles. The van der Waals surface area contributed by atoms with Crippen molar-refractivity contribution in [1.29, 1.82) is 0 Å². The first kappa shape index (κ1) is 10.6. The Bertz CT molecular complexity index is 293. The van der Waals surface area contributed by atoms with Gasteiger partial charge >= 0.3 is 6.03 Å². The third-order valence-corrected chi connectivity index (χ3v) is 2.03. The van der Waals surface area contributed by atoms with Gasteiger partial charge in [-0.1, -0.05) is 37.6 Å². The van der Waals surface area contributed by atoms with Crippen LogP contribution in [0.4, 0.5) is 4.79 Å². The Kier molecular flexibility index (Phi) is 3.98. The average molecular weight is 192 g/mol. The number of amides is 2. The molecule has 0 aromatic heterocycles. The molecule has 0 saturated carbocycles. The van der Waals surface area contributed by atoms with Gasteiger partial charge < -0.3 is 11.1 Å². The molecule has 0 atom stereocenters. The Morgan fingerprint density at radius 3 is 2.36 bits per heavy atom. The Labute approximate surface area is 84.3 Å². The van der Waals surface area contributed by atoms with E-state index in [2.05, 4.69) is 24.4 Å². The van der Waals surface area contributed by atoms with E-state index in [0.717, 1.165) is 18.4 Å². The number of hydrogen-bond acceptors (Lipinski definition) is 1. The monoisotopic (exact) mass is 192 g/mol. The van der Waals surface area contributed by atoms with Gasteiger partial charge in [0, 0.05) is 6.54 Å². The minimum atomic E-state index is -0.484. The number of primary amides is 1. The fraction of sp³-hybridized carbons (Fsp3) is 0.364. The summed E-state index contributed by atoms with van der Waals surface area (Å²) in [4.78, 5) is 10.5. The summed E-state index contributed by atoms with van der Waals surface area (Å²) in [6.07, 6.45) is 2.25. The molecule has 1 rings (SSSR count). The highest BCUT2D eigenvalue weighted by Gasteiger charge is 1.95. The van der Waals surface area contributed by atoms with E-state index >= 15 is 0 Å². The zero-order valence-electron chi connectivity index (χ0n) is 8.42. The van der Waals surface area contributed by atoms with Crippen LogP contribution in [-0.2, 0) is 13.0 Å². The standard InChI is InChI=1S/C11H16N2O/c1-2-3-9-4-6-10(7-5-9)8-13-11(12)14/h4-7H,2-3,8H2,1H3,(H3,12,13,14). The van der Waals surface area contributed by atoms with Crippen LogP contribution in [0.25, 0.3) is 0 Å². The van der Waals surface area contributed by atoms with Gasteiger partial charge in [0.25, 0.3) is 0 Å². The Morgan fingerprint density at radius 1 is 1.29 bits per heavy atom. The summed E-state index contributed by atoms with van der Waals surface area (Å²) in [5.41, 5.74) is 7.37. The summed E-state index contributed by atoms with van der Waals surface area (Å²) in [5, 5.41) is 2.55. The van der Waals surface area contributed by atoms with Crippen molar-refractivity contribution in [3.05, 3.63) is 35.4 Å².